The topological polar surface area (TPSA) is 21.7 Å². The highest BCUT2D eigenvalue weighted by molar-refractivity contribution is 5.85. The minimum absolute atomic E-state index is 0.324. The van der Waals surface area contributed by atoms with Crippen molar-refractivity contribution in [1.29, 1.82) is 0 Å². The van der Waals surface area contributed by atoms with E-state index < -0.39 is 0 Å². The fraction of sp³-hybridized carbons (Fsp3) is 0.200. The van der Waals surface area contributed by atoms with Crippen LogP contribution in [-0.2, 0) is 13.1 Å². The lowest BCUT2D eigenvalue weighted by Crippen LogP contribution is -2.17. The molecular weight excluding hydrogens is 286 g/mol. The Bertz CT molecular complexity index is 839. The first-order valence-electron chi connectivity index (χ1n) is 7.83. The van der Waals surface area contributed by atoms with Crippen molar-refractivity contribution in [2.75, 3.05) is 13.8 Å². The first-order valence-corrected chi connectivity index (χ1v) is 7.83. The third-order valence-electron chi connectivity index (χ3n) is 4.21. The van der Waals surface area contributed by atoms with E-state index in [1.165, 1.54) is 21.9 Å². The first kappa shape index (κ1) is 14.1. The van der Waals surface area contributed by atoms with Gasteiger partial charge in [-0.15, -0.1) is 0 Å². The Balaban J connectivity index is 1.52. The van der Waals surface area contributed by atoms with Gasteiger partial charge in [-0.1, -0.05) is 48.5 Å². The third-order valence-corrected chi connectivity index (χ3v) is 4.21. The predicted octanol–water partition coefficient (Wildman–Crippen LogP) is 4.20. The Morgan fingerprint density at radius 1 is 0.870 bits per heavy atom. The van der Waals surface area contributed by atoms with E-state index in [1.54, 1.807) is 0 Å². The van der Waals surface area contributed by atoms with E-state index in [2.05, 4.69) is 66.5 Å². The molecule has 3 aromatic carbocycles. The first-order chi connectivity index (χ1) is 11.3. The van der Waals surface area contributed by atoms with E-state index in [9.17, 15) is 0 Å². The summed E-state index contributed by atoms with van der Waals surface area (Å²) in [5.41, 5.74) is 2.59. The molecule has 0 bridgehead atoms. The Hall–Kier alpha value is -2.52. The molecule has 3 heteroatoms. The van der Waals surface area contributed by atoms with Gasteiger partial charge in [0.1, 0.15) is 0 Å². The van der Waals surface area contributed by atoms with Crippen LogP contribution in [0.25, 0.3) is 10.8 Å². The summed E-state index contributed by atoms with van der Waals surface area (Å²) in [6, 6.07) is 21.2. The van der Waals surface area contributed by atoms with Gasteiger partial charge in [-0.25, -0.2) is 0 Å². The van der Waals surface area contributed by atoms with Gasteiger partial charge in [-0.05, 0) is 41.1 Å². The van der Waals surface area contributed by atoms with Crippen LogP contribution in [0.15, 0.2) is 60.7 Å². The van der Waals surface area contributed by atoms with Gasteiger partial charge >= 0.3 is 0 Å². The molecule has 1 aliphatic rings. The summed E-state index contributed by atoms with van der Waals surface area (Å²) >= 11 is 0. The van der Waals surface area contributed by atoms with Gasteiger partial charge in [0.05, 0.1) is 0 Å². The van der Waals surface area contributed by atoms with Crippen LogP contribution in [0.4, 0.5) is 0 Å². The van der Waals surface area contributed by atoms with Gasteiger partial charge in [0.15, 0.2) is 11.5 Å². The maximum Gasteiger partial charge on any atom is 0.231 e. The number of hydrogen-bond acceptors (Lipinski definition) is 3. The summed E-state index contributed by atoms with van der Waals surface area (Å²) in [7, 11) is 2.15. The standard InChI is InChI=1S/C20H19NO2/c1-21(12-15-9-10-19-20(11-15)23-14-22-19)13-17-7-4-6-16-5-2-3-8-18(16)17/h2-11H,12-14H2,1H3. The molecule has 0 atom stereocenters. The van der Waals surface area contributed by atoms with Crippen molar-refractivity contribution in [3.63, 3.8) is 0 Å². The summed E-state index contributed by atoms with van der Waals surface area (Å²) in [4.78, 5) is 2.32. The zero-order chi connectivity index (χ0) is 15.6. The molecule has 0 fully saturated rings. The van der Waals surface area contributed by atoms with Crippen molar-refractivity contribution in [3.8, 4) is 11.5 Å². The van der Waals surface area contributed by atoms with E-state index in [-0.39, 0.29) is 0 Å². The molecule has 4 rings (SSSR count). The molecule has 0 aliphatic carbocycles. The Morgan fingerprint density at radius 2 is 1.70 bits per heavy atom. The summed E-state index contributed by atoms with van der Waals surface area (Å²) in [5.74, 6) is 1.69. The van der Waals surface area contributed by atoms with Gasteiger partial charge in [0.25, 0.3) is 0 Å². The van der Waals surface area contributed by atoms with E-state index in [0.29, 0.717) is 6.79 Å². The average Bonchev–Trinajstić information content (AvgIpc) is 3.03. The second-order valence-corrected chi connectivity index (χ2v) is 6.00. The average molecular weight is 305 g/mol. The van der Waals surface area contributed by atoms with E-state index in [1.807, 2.05) is 6.07 Å². The molecule has 1 aliphatic heterocycles. The zero-order valence-electron chi connectivity index (χ0n) is 13.2. The van der Waals surface area contributed by atoms with Crippen LogP contribution in [0.1, 0.15) is 11.1 Å². The lowest BCUT2D eigenvalue weighted by Gasteiger charge is -2.18. The molecule has 0 aromatic heterocycles. The molecule has 1 heterocycles. The zero-order valence-corrected chi connectivity index (χ0v) is 13.2. The molecule has 0 saturated heterocycles. The molecule has 0 N–H and O–H groups in total. The summed E-state index contributed by atoms with van der Waals surface area (Å²) in [6.07, 6.45) is 0. The fourth-order valence-electron chi connectivity index (χ4n) is 3.13. The van der Waals surface area contributed by atoms with E-state index >= 15 is 0 Å². The smallest absolute Gasteiger partial charge is 0.231 e. The van der Waals surface area contributed by atoms with Crippen molar-refractivity contribution in [3.05, 3.63) is 71.8 Å². The highest BCUT2D eigenvalue weighted by Gasteiger charge is 2.14. The maximum absolute atomic E-state index is 5.46. The molecule has 3 aromatic rings. The van der Waals surface area contributed by atoms with Gasteiger partial charge in [0.2, 0.25) is 6.79 Å². The number of fused-ring (bicyclic) bond motifs is 2. The SMILES string of the molecule is CN(Cc1ccc2c(c1)OCO2)Cc1cccc2ccccc12. The van der Waals surface area contributed by atoms with Crippen LogP contribution in [0, 0.1) is 0 Å². The Morgan fingerprint density at radius 3 is 2.65 bits per heavy atom. The number of nitrogens with zero attached hydrogens (tertiary/aromatic N) is 1. The second-order valence-electron chi connectivity index (χ2n) is 6.00. The van der Waals surface area contributed by atoms with Crippen LogP contribution in [0.2, 0.25) is 0 Å². The van der Waals surface area contributed by atoms with Crippen LogP contribution in [0.5, 0.6) is 11.5 Å². The maximum atomic E-state index is 5.46. The molecule has 0 radical (unpaired) electrons. The molecule has 23 heavy (non-hydrogen) atoms. The highest BCUT2D eigenvalue weighted by atomic mass is 16.7. The summed E-state index contributed by atoms with van der Waals surface area (Å²) in [6.45, 7) is 2.11. The quantitative estimate of drug-likeness (QED) is 0.721. The van der Waals surface area contributed by atoms with Crippen molar-refractivity contribution >= 4 is 10.8 Å². The minimum atomic E-state index is 0.324. The van der Waals surface area contributed by atoms with Gasteiger partial charge in [-0.3, -0.25) is 4.90 Å². The summed E-state index contributed by atoms with van der Waals surface area (Å²) < 4.78 is 10.8. The van der Waals surface area contributed by atoms with Crippen LogP contribution in [0.3, 0.4) is 0 Å². The van der Waals surface area contributed by atoms with Crippen molar-refractivity contribution < 1.29 is 9.47 Å². The molecule has 0 spiro atoms. The molecule has 0 unspecified atom stereocenters. The highest BCUT2D eigenvalue weighted by Crippen LogP contribution is 2.32. The molecular formula is C20H19NO2. The summed E-state index contributed by atoms with van der Waals surface area (Å²) in [5, 5.41) is 2.62. The molecule has 0 amide bonds. The third kappa shape index (κ3) is 2.88. The largest absolute Gasteiger partial charge is 0.454 e. The fourth-order valence-corrected chi connectivity index (χ4v) is 3.13. The van der Waals surface area contributed by atoms with E-state index in [4.69, 9.17) is 9.47 Å². The van der Waals surface area contributed by atoms with Gasteiger partial charge < -0.3 is 9.47 Å². The number of rotatable bonds is 4. The number of ether oxygens (including phenoxy) is 2. The Labute approximate surface area is 136 Å². The van der Waals surface area contributed by atoms with Crippen molar-refractivity contribution in [2.24, 2.45) is 0 Å². The normalized spacial score (nSPS) is 13.0. The lowest BCUT2D eigenvalue weighted by atomic mass is 10.0. The number of hydrogen-bond donors (Lipinski definition) is 0. The number of benzene rings is 3. The van der Waals surface area contributed by atoms with Crippen LogP contribution >= 0.6 is 0 Å². The van der Waals surface area contributed by atoms with Gasteiger partial charge in [-0.2, -0.15) is 0 Å². The lowest BCUT2D eigenvalue weighted by molar-refractivity contribution is 0.174. The molecule has 3 nitrogen and oxygen atoms in total. The monoisotopic (exact) mass is 305 g/mol. The molecule has 116 valence electrons. The molecule has 0 saturated carbocycles. The van der Waals surface area contributed by atoms with Crippen LogP contribution < -0.4 is 9.47 Å². The Kier molecular flexibility index (Phi) is 3.64. The second kappa shape index (κ2) is 5.94. The predicted molar refractivity (Wildman–Crippen MR) is 91.7 cm³/mol. The van der Waals surface area contributed by atoms with Crippen molar-refractivity contribution in [2.45, 2.75) is 13.1 Å². The van der Waals surface area contributed by atoms with E-state index in [0.717, 1.165) is 24.6 Å². The van der Waals surface area contributed by atoms with Gasteiger partial charge in [0, 0.05) is 13.1 Å². The van der Waals surface area contributed by atoms with Crippen molar-refractivity contribution in [1.82, 2.24) is 4.90 Å². The minimum Gasteiger partial charge on any atom is -0.454 e. The van der Waals surface area contributed by atoms with Crippen LogP contribution in [-0.4, -0.2) is 18.7 Å².